The molecule has 4 atom stereocenters. The number of fused-ring (bicyclic) bond motifs is 2. The Hall–Kier alpha value is -1.71. The second-order valence-electron chi connectivity index (χ2n) is 8.02. The van der Waals surface area contributed by atoms with E-state index in [2.05, 4.69) is 20.8 Å². The van der Waals surface area contributed by atoms with Crippen LogP contribution in [0.4, 0.5) is 0 Å². The molecule has 1 aromatic rings. The molecule has 2 fully saturated rings. The molecule has 0 aromatic heterocycles. The normalized spacial score (nSPS) is 36.8. The van der Waals surface area contributed by atoms with Gasteiger partial charge in [0.15, 0.2) is 0 Å². The highest BCUT2D eigenvalue weighted by atomic mass is 16.5. The number of hydrogen-bond acceptors (Lipinski definition) is 3. The highest BCUT2D eigenvalue weighted by Crippen LogP contribution is 2.74. The number of benzene rings is 1. The van der Waals surface area contributed by atoms with Crippen LogP contribution >= 0.6 is 0 Å². The van der Waals surface area contributed by atoms with Gasteiger partial charge in [0.1, 0.15) is 22.7 Å². The second-order valence-corrected chi connectivity index (χ2v) is 8.02. The number of hydrogen-bond donors (Lipinski definition) is 2. The third kappa shape index (κ3) is 1.37. The summed E-state index contributed by atoms with van der Waals surface area (Å²) < 4.78 is 6.28. The van der Waals surface area contributed by atoms with Crippen LogP contribution in [-0.2, 0) is 0 Å². The van der Waals surface area contributed by atoms with E-state index in [1.807, 2.05) is 0 Å². The number of carbonyl (C=O) groups is 1. The number of ether oxygens (including phenoxy) is 1. The van der Waals surface area contributed by atoms with Crippen LogP contribution < -0.4 is 4.74 Å². The Kier molecular flexibility index (Phi) is 2.39. The van der Waals surface area contributed by atoms with E-state index in [1.54, 1.807) is 13.0 Å². The van der Waals surface area contributed by atoms with Crippen LogP contribution in [0.2, 0.25) is 0 Å². The summed E-state index contributed by atoms with van der Waals surface area (Å²) in [4.78, 5) is 11.5. The molecule has 1 aromatic carbocycles. The van der Waals surface area contributed by atoms with Crippen molar-refractivity contribution < 1.29 is 19.7 Å². The lowest BCUT2D eigenvalue weighted by Gasteiger charge is -2.62. The van der Waals surface area contributed by atoms with E-state index in [0.29, 0.717) is 28.7 Å². The first-order valence-electron chi connectivity index (χ1n) is 7.97. The average molecular weight is 302 g/mol. The lowest BCUT2D eigenvalue weighted by Crippen LogP contribution is -2.59. The molecule has 4 heteroatoms. The monoisotopic (exact) mass is 302 g/mol. The van der Waals surface area contributed by atoms with E-state index < -0.39 is 5.97 Å². The Balaban J connectivity index is 1.98. The largest absolute Gasteiger partial charge is 0.507 e. The maximum Gasteiger partial charge on any atom is 0.339 e. The van der Waals surface area contributed by atoms with Crippen LogP contribution in [0, 0.1) is 24.2 Å². The zero-order chi connectivity index (χ0) is 16.0. The molecule has 0 radical (unpaired) electrons. The molecular weight excluding hydrogens is 280 g/mol. The van der Waals surface area contributed by atoms with Crippen LogP contribution in [0.25, 0.3) is 0 Å². The molecule has 0 amide bonds. The quantitative estimate of drug-likeness (QED) is 0.830. The third-order valence-corrected chi connectivity index (χ3v) is 6.57. The van der Waals surface area contributed by atoms with E-state index in [0.717, 1.165) is 12.8 Å². The SMILES string of the molecule is Cc1cc2c(c(O)c1C(=O)O)[C@H]1C3[C@@H](CC[C@]3(C)O2)C1(C)C. The Morgan fingerprint density at radius 2 is 2.05 bits per heavy atom. The van der Waals surface area contributed by atoms with Crippen LogP contribution in [0.5, 0.6) is 11.5 Å². The van der Waals surface area contributed by atoms with E-state index in [9.17, 15) is 15.0 Å². The van der Waals surface area contributed by atoms with E-state index >= 15 is 0 Å². The smallest absolute Gasteiger partial charge is 0.339 e. The first kappa shape index (κ1) is 13.9. The van der Waals surface area contributed by atoms with Crippen molar-refractivity contribution in [1.29, 1.82) is 0 Å². The first-order chi connectivity index (χ1) is 10.2. The van der Waals surface area contributed by atoms with Gasteiger partial charge in [0, 0.05) is 17.4 Å². The number of rotatable bonds is 1. The zero-order valence-electron chi connectivity index (χ0n) is 13.4. The van der Waals surface area contributed by atoms with Gasteiger partial charge in [0.25, 0.3) is 0 Å². The van der Waals surface area contributed by atoms with Gasteiger partial charge in [-0.15, -0.1) is 0 Å². The molecule has 0 bridgehead atoms. The van der Waals surface area contributed by atoms with Gasteiger partial charge < -0.3 is 14.9 Å². The summed E-state index contributed by atoms with van der Waals surface area (Å²) in [5.41, 5.74) is 1.18. The minimum absolute atomic E-state index is 0.0169. The lowest BCUT2D eigenvalue weighted by molar-refractivity contribution is -0.121. The number of carboxylic acid groups (broad SMARTS) is 1. The van der Waals surface area contributed by atoms with Gasteiger partial charge >= 0.3 is 5.97 Å². The van der Waals surface area contributed by atoms with E-state index in [4.69, 9.17) is 4.74 Å². The molecular formula is C18H22O4. The maximum atomic E-state index is 11.5. The minimum atomic E-state index is -1.08. The fourth-order valence-electron chi connectivity index (χ4n) is 5.57. The molecule has 1 aliphatic heterocycles. The predicted octanol–water partition coefficient (Wildman–Crippen LogP) is 3.70. The zero-order valence-corrected chi connectivity index (χ0v) is 13.4. The fraction of sp³-hybridized carbons (Fsp3) is 0.611. The molecule has 4 rings (SSSR count). The van der Waals surface area contributed by atoms with Crippen molar-refractivity contribution in [2.75, 3.05) is 0 Å². The van der Waals surface area contributed by atoms with Gasteiger partial charge in [-0.2, -0.15) is 0 Å². The van der Waals surface area contributed by atoms with Crippen molar-refractivity contribution in [2.45, 2.75) is 52.1 Å². The summed E-state index contributed by atoms with van der Waals surface area (Å²) in [5, 5.41) is 20.1. The Bertz CT molecular complexity index is 706. The summed E-state index contributed by atoms with van der Waals surface area (Å²) >= 11 is 0. The maximum absolute atomic E-state index is 11.5. The van der Waals surface area contributed by atoms with Crippen LogP contribution in [0.1, 0.15) is 61.0 Å². The second kappa shape index (κ2) is 3.79. The fourth-order valence-corrected chi connectivity index (χ4v) is 5.57. The van der Waals surface area contributed by atoms with Gasteiger partial charge in [0.2, 0.25) is 0 Å². The van der Waals surface area contributed by atoms with Crippen LogP contribution in [0.15, 0.2) is 6.07 Å². The number of aromatic hydroxyl groups is 1. The number of phenols is 1. The summed E-state index contributed by atoms with van der Waals surface area (Å²) in [7, 11) is 0. The molecule has 118 valence electrons. The molecule has 22 heavy (non-hydrogen) atoms. The molecule has 3 aliphatic rings. The topological polar surface area (TPSA) is 66.8 Å². The number of aryl methyl sites for hydroxylation is 1. The van der Waals surface area contributed by atoms with Gasteiger partial charge in [0.05, 0.1) is 0 Å². The van der Waals surface area contributed by atoms with Crippen molar-refractivity contribution in [3.63, 3.8) is 0 Å². The molecule has 0 spiro atoms. The summed E-state index contributed by atoms with van der Waals surface area (Å²) in [6, 6.07) is 1.79. The number of carboxylic acids is 1. The van der Waals surface area contributed by atoms with Crippen molar-refractivity contribution in [3.8, 4) is 11.5 Å². The highest BCUT2D eigenvalue weighted by Gasteiger charge is 2.69. The van der Waals surface area contributed by atoms with Gasteiger partial charge in [-0.25, -0.2) is 4.79 Å². The molecule has 0 saturated heterocycles. The summed E-state index contributed by atoms with van der Waals surface area (Å²) in [6.45, 7) is 8.35. The Morgan fingerprint density at radius 1 is 1.36 bits per heavy atom. The Labute approximate surface area is 130 Å². The molecule has 2 N–H and O–H groups in total. The first-order valence-corrected chi connectivity index (χ1v) is 7.97. The van der Waals surface area contributed by atoms with Crippen LogP contribution in [0.3, 0.4) is 0 Å². The van der Waals surface area contributed by atoms with Crippen molar-refractivity contribution in [3.05, 3.63) is 22.8 Å². The van der Waals surface area contributed by atoms with Gasteiger partial charge in [-0.05, 0) is 49.7 Å². The molecule has 1 unspecified atom stereocenters. The van der Waals surface area contributed by atoms with E-state index in [1.165, 1.54) is 0 Å². The summed E-state index contributed by atoms with van der Waals surface area (Å²) in [6.07, 6.45) is 2.17. The van der Waals surface area contributed by atoms with Gasteiger partial charge in [-0.3, -0.25) is 0 Å². The molecule has 2 saturated carbocycles. The predicted molar refractivity (Wildman–Crippen MR) is 81.6 cm³/mol. The summed E-state index contributed by atoms with van der Waals surface area (Å²) in [5.74, 6) is 0.652. The lowest BCUT2D eigenvalue weighted by atomic mass is 9.45. The number of aromatic carboxylic acids is 1. The van der Waals surface area contributed by atoms with Crippen molar-refractivity contribution in [1.82, 2.24) is 0 Å². The van der Waals surface area contributed by atoms with E-state index in [-0.39, 0.29) is 28.2 Å². The average Bonchev–Trinajstić information content (AvgIpc) is 2.71. The van der Waals surface area contributed by atoms with Crippen molar-refractivity contribution in [2.24, 2.45) is 17.3 Å². The highest BCUT2D eigenvalue weighted by molar-refractivity contribution is 5.94. The standard InChI is InChI=1S/C18H22O4/c1-8-7-10-12(15(19)11(8)16(20)21)14-13-9(17(14,2)3)5-6-18(13,4)22-10/h7,9,13-14,19H,5-6H2,1-4H3,(H,20,21)/t9-,13?,14+,18+/m1/s1. The molecule has 4 nitrogen and oxygen atoms in total. The van der Waals surface area contributed by atoms with Gasteiger partial charge in [-0.1, -0.05) is 13.8 Å². The Morgan fingerprint density at radius 3 is 2.68 bits per heavy atom. The third-order valence-electron chi connectivity index (χ3n) is 6.57. The van der Waals surface area contributed by atoms with Crippen LogP contribution in [-0.4, -0.2) is 21.8 Å². The molecule has 2 aliphatic carbocycles. The minimum Gasteiger partial charge on any atom is -0.507 e. The van der Waals surface area contributed by atoms with Crippen molar-refractivity contribution >= 4 is 5.97 Å². The molecule has 1 heterocycles.